The molecule has 1 N–H and O–H groups in total. The minimum Gasteiger partial charge on any atom is -0.480 e. The fourth-order valence-corrected chi connectivity index (χ4v) is 2.70. The lowest BCUT2D eigenvalue weighted by Gasteiger charge is -2.23. The van der Waals surface area contributed by atoms with E-state index in [4.69, 9.17) is 5.11 Å². The summed E-state index contributed by atoms with van der Waals surface area (Å²) < 4.78 is 0. The van der Waals surface area contributed by atoms with E-state index >= 15 is 0 Å². The first-order valence-corrected chi connectivity index (χ1v) is 6.92. The van der Waals surface area contributed by atoms with Gasteiger partial charge >= 0.3 is 5.97 Å². The second-order valence-corrected chi connectivity index (χ2v) is 5.21. The second-order valence-electron chi connectivity index (χ2n) is 5.21. The molecule has 0 unspecified atom stereocenters. The maximum Gasteiger partial charge on any atom is 0.317 e. The summed E-state index contributed by atoms with van der Waals surface area (Å²) >= 11 is 0. The Hall–Kier alpha value is -2.15. The van der Waals surface area contributed by atoms with Crippen LogP contribution < -0.4 is 4.90 Å². The van der Waals surface area contributed by atoms with E-state index in [2.05, 4.69) is 0 Å². The van der Waals surface area contributed by atoms with Gasteiger partial charge in [0.15, 0.2) is 0 Å². The molecular formula is C14H19N3O4. The van der Waals surface area contributed by atoms with E-state index in [9.17, 15) is 14.9 Å². The molecule has 0 amide bonds. The summed E-state index contributed by atoms with van der Waals surface area (Å²) in [6.07, 6.45) is 0.790. The zero-order valence-corrected chi connectivity index (χ0v) is 12.0. The predicted octanol–water partition coefficient (Wildman–Crippen LogP) is 1.50. The van der Waals surface area contributed by atoms with Gasteiger partial charge in [-0.15, -0.1) is 0 Å². The molecule has 1 aromatic carbocycles. The number of carboxylic acid groups (broad SMARTS) is 1. The summed E-state index contributed by atoms with van der Waals surface area (Å²) in [4.78, 5) is 25.5. The predicted molar refractivity (Wildman–Crippen MR) is 78.7 cm³/mol. The highest BCUT2D eigenvalue weighted by molar-refractivity contribution is 5.69. The Morgan fingerprint density at radius 1 is 1.33 bits per heavy atom. The first-order valence-electron chi connectivity index (χ1n) is 6.92. The molecule has 0 aromatic heterocycles. The molecule has 1 aliphatic rings. The number of hydrogen-bond acceptors (Lipinski definition) is 5. The third kappa shape index (κ3) is 3.69. The van der Waals surface area contributed by atoms with Crippen LogP contribution in [0.2, 0.25) is 0 Å². The molecule has 1 fully saturated rings. The molecule has 0 spiro atoms. The number of aryl methyl sites for hydroxylation is 1. The average molecular weight is 293 g/mol. The molecule has 1 aromatic rings. The van der Waals surface area contributed by atoms with Gasteiger partial charge in [0.2, 0.25) is 0 Å². The van der Waals surface area contributed by atoms with Crippen LogP contribution >= 0.6 is 0 Å². The largest absolute Gasteiger partial charge is 0.480 e. The average Bonchev–Trinajstić information content (AvgIpc) is 2.63. The van der Waals surface area contributed by atoms with Crippen molar-refractivity contribution in [2.75, 3.05) is 37.6 Å². The molecular weight excluding hydrogens is 274 g/mol. The first kappa shape index (κ1) is 15.2. The molecule has 0 aliphatic carbocycles. The van der Waals surface area contributed by atoms with Crippen LogP contribution in [0.25, 0.3) is 0 Å². The Bertz CT molecular complexity index is 547. The van der Waals surface area contributed by atoms with Crippen LogP contribution in [0.4, 0.5) is 11.4 Å². The van der Waals surface area contributed by atoms with Crippen LogP contribution in [0.3, 0.4) is 0 Å². The van der Waals surface area contributed by atoms with Crippen molar-refractivity contribution in [3.63, 3.8) is 0 Å². The van der Waals surface area contributed by atoms with Gasteiger partial charge < -0.3 is 10.0 Å². The summed E-state index contributed by atoms with van der Waals surface area (Å²) in [7, 11) is 0. The van der Waals surface area contributed by atoms with Gasteiger partial charge in [0.25, 0.3) is 5.69 Å². The molecule has 21 heavy (non-hydrogen) atoms. The van der Waals surface area contributed by atoms with Crippen LogP contribution in [-0.4, -0.2) is 53.6 Å². The quantitative estimate of drug-likeness (QED) is 0.668. The fraction of sp³-hybridized carbons (Fsp3) is 0.500. The van der Waals surface area contributed by atoms with Crippen molar-refractivity contribution in [3.8, 4) is 0 Å². The number of hydrogen-bond donors (Lipinski definition) is 1. The number of nitro benzene ring substituents is 1. The molecule has 0 radical (unpaired) electrons. The molecule has 0 bridgehead atoms. The second kappa shape index (κ2) is 6.53. The third-order valence-corrected chi connectivity index (χ3v) is 3.69. The highest BCUT2D eigenvalue weighted by Gasteiger charge is 2.24. The van der Waals surface area contributed by atoms with Crippen LogP contribution in [-0.2, 0) is 4.79 Å². The number of aliphatic carboxylic acids is 1. The van der Waals surface area contributed by atoms with E-state index in [1.807, 2.05) is 15.9 Å². The van der Waals surface area contributed by atoms with Crippen molar-refractivity contribution < 1.29 is 14.8 Å². The summed E-state index contributed by atoms with van der Waals surface area (Å²) in [6, 6.07) is 5.31. The smallest absolute Gasteiger partial charge is 0.317 e. The lowest BCUT2D eigenvalue weighted by molar-refractivity contribution is -0.384. The number of anilines is 1. The number of carbonyl (C=O) groups is 1. The first-order chi connectivity index (χ1) is 9.99. The molecule has 7 nitrogen and oxygen atoms in total. The van der Waals surface area contributed by atoms with E-state index in [0.29, 0.717) is 37.4 Å². The van der Waals surface area contributed by atoms with Gasteiger partial charge in [-0.05, 0) is 19.4 Å². The number of rotatable bonds is 4. The Balaban J connectivity index is 2.18. The molecule has 1 heterocycles. The number of nitrogens with zero attached hydrogens (tertiary/aromatic N) is 3. The van der Waals surface area contributed by atoms with Gasteiger partial charge in [-0.3, -0.25) is 19.8 Å². The Morgan fingerprint density at radius 3 is 2.76 bits per heavy atom. The van der Waals surface area contributed by atoms with Crippen molar-refractivity contribution >= 4 is 17.3 Å². The highest BCUT2D eigenvalue weighted by atomic mass is 16.6. The van der Waals surface area contributed by atoms with Crippen LogP contribution in [0.5, 0.6) is 0 Å². The fourth-order valence-electron chi connectivity index (χ4n) is 2.70. The minimum absolute atomic E-state index is 0.0176. The van der Waals surface area contributed by atoms with Gasteiger partial charge in [0, 0.05) is 31.7 Å². The van der Waals surface area contributed by atoms with Crippen LogP contribution in [0.15, 0.2) is 18.2 Å². The lowest BCUT2D eigenvalue weighted by atomic mass is 10.1. The topological polar surface area (TPSA) is 86.9 Å². The molecule has 2 rings (SSSR count). The number of para-hydroxylation sites is 1. The summed E-state index contributed by atoms with van der Waals surface area (Å²) in [5, 5.41) is 20.1. The Labute approximate surface area is 122 Å². The summed E-state index contributed by atoms with van der Waals surface area (Å²) in [5.41, 5.74) is 1.41. The van der Waals surface area contributed by atoms with Crippen molar-refractivity contribution in [1.82, 2.24) is 4.90 Å². The normalized spacial score (nSPS) is 16.5. The molecule has 0 saturated carbocycles. The SMILES string of the molecule is Cc1cccc(N2CCCN(CC(=O)O)CC2)c1[N+](=O)[O-]. The van der Waals surface area contributed by atoms with Gasteiger partial charge in [-0.25, -0.2) is 0 Å². The van der Waals surface area contributed by atoms with E-state index < -0.39 is 5.97 Å². The minimum atomic E-state index is -0.843. The van der Waals surface area contributed by atoms with E-state index in [1.165, 1.54) is 0 Å². The van der Waals surface area contributed by atoms with Gasteiger partial charge in [0.05, 0.1) is 11.5 Å². The Morgan fingerprint density at radius 2 is 2.10 bits per heavy atom. The standard InChI is InChI=1S/C14H19N3O4/c1-11-4-2-5-12(14(11)17(20)21)16-7-3-6-15(8-9-16)10-13(18)19/h2,4-5H,3,6-10H2,1H3,(H,18,19). The maximum atomic E-state index is 11.3. The van der Waals surface area contributed by atoms with Crippen molar-refractivity contribution in [1.29, 1.82) is 0 Å². The van der Waals surface area contributed by atoms with Crippen molar-refractivity contribution in [2.45, 2.75) is 13.3 Å². The monoisotopic (exact) mass is 293 g/mol. The number of benzene rings is 1. The number of carboxylic acids is 1. The zero-order valence-electron chi connectivity index (χ0n) is 12.0. The van der Waals surface area contributed by atoms with Gasteiger partial charge in [-0.2, -0.15) is 0 Å². The van der Waals surface area contributed by atoms with E-state index in [-0.39, 0.29) is 17.2 Å². The zero-order chi connectivity index (χ0) is 15.4. The van der Waals surface area contributed by atoms with Crippen LogP contribution in [0, 0.1) is 17.0 Å². The highest BCUT2D eigenvalue weighted by Crippen LogP contribution is 2.31. The van der Waals surface area contributed by atoms with Crippen molar-refractivity contribution in [3.05, 3.63) is 33.9 Å². The lowest BCUT2D eigenvalue weighted by Crippen LogP contribution is -2.34. The van der Waals surface area contributed by atoms with E-state index in [0.717, 1.165) is 6.42 Å². The molecule has 1 saturated heterocycles. The van der Waals surface area contributed by atoms with Crippen molar-refractivity contribution in [2.24, 2.45) is 0 Å². The summed E-state index contributed by atoms with van der Waals surface area (Å²) in [6.45, 7) is 4.33. The maximum absolute atomic E-state index is 11.3. The molecule has 0 atom stereocenters. The summed E-state index contributed by atoms with van der Waals surface area (Å²) in [5.74, 6) is -0.843. The third-order valence-electron chi connectivity index (χ3n) is 3.69. The number of nitro groups is 1. The molecule has 114 valence electrons. The van der Waals surface area contributed by atoms with Gasteiger partial charge in [0.1, 0.15) is 5.69 Å². The van der Waals surface area contributed by atoms with Crippen LogP contribution in [0.1, 0.15) is 12.0 Å². The van der Waals surface area contributed by atoms with Gasteiger partial charge in [-0.1, -0.05) is 12.1 Å². The van der Waals surface area contributed by atoms with E-state index in [1.54, 1.807) is 19.1 Å². The molecule has 7 heteroatoms. The Kier molecular flexibility index (Phi) is 4.74. The molecule has 1 aliphatic heterocycles.